The van der Waals surface area contributed by atoms with Gasteiger partial charge in [-0.25, -0.2) is 0 Å². The summed E-state index contributed by atoms with van der Waals surface area (Å²) in [7, 11) is 0. The molecule has 2 nitrogen and oxygen atoms in total. The number of nitrogens with two attached hydrogens (primary N) is 2. The predicted molar refractivity (Wildman–Crippen MR) is 63.3 cm³/mol. The minimum Gasteiger partial charge on any atom is -0.313 e. The lowest BCUT2D eigenvalue weighted by Gasteiger charge is -2.35. The minimum atomic E-state index is -0.543. The second kappa shape index (κ2) is 3.62. The average molecular weight is 204 g/mol. The third kappa shape index (κ3) is 1.80. The molecule has 0 aliphatic heterocycles. The van der Waals surface area contributed by atoms with Gasteiger partial charge in [0.2, 0.25) is 0 Å². The van der Waals surface area contributed by atoms with Gasteiger partial charge in [-0.15, -0.1) is 0 Å². The van der Waals surface area contributed by atoms with Crippen molar-refractivity contribution in [2.45, 2.75) is 32.4 Å². The van der Waals surface area contributed by atoms with Gasteiger partial charge in [0.25, 0.3) is 0 Å². The molecule has 15 heavy (non-hydrogen) atoms. The monoisotopic (exact) mass is 204 g/mol. The van der Waals surface area contributed by atoms with Gasteiger partial charge in [-0.05, 0) is 35.8 Å². The van der Waals surface area contributed by atoms with Gasteiger partial charge in [-0.2, -0.15) is 0 Å². The molecule has 0 saturated carbocycles. The SMILES string of the molecule is CC1Cc2ccccc2CC(C)C1(N)N. The fourth-order valence-electron chi connectivity index (χ4n) is 2.45. The van der Waals surface area contributed by atoms with Gasteiger partial charge in [0.15, 0.2) is 0 Å². The molecule has 82 valence electrons. The fourth-order valence-corrected chi connectivity index (χ4v) is 2.45. The first kappa shape index (κ1) is 10.7. The van der Waals surface area contributed by atoms with E-state index < -0.39 is 5.66 Å². The van der Waals surface area contributed by atoms with E-state index >= 15 is 0 Å². The zero-order valence-electron chi connectivity index (χ0n) is 9.53. The van der Waals surface area contributed by atoms with Crippen LogP contribution in [-0.2, 0) is 12.8 Å². The van der Waals surface area contributed by atoms with Crippen LogP contribution in [0.15, 0.2) is 24.3 Å². The van der Waals surface area contributed by atoms with Crippen LogP contribution in [0.25, 0.3) is 0 Å². The summed E-state index contributed by atoms with van der Waals surface area (Å²) in [6.07, 6.45) is 1.99. The van der Waals surface area contributed by atoms with Crippen LogP contribution in [0.4, 0.5) is 0 Å². The van der Waals surface area contributed by atoms with E-state index in [1.165, 1.54) is 11.1 Å². The molecule has 1 aromatic carbocycles. The summed E-state index contributed by atoms with van der Waals surface area (Å²) in [4.78, 5) is 0. The summed E-state index contributed by atoms with van der Waals surface area (Å²) in [6, 6.07) is 8.58. The quantitative estimate of drug-likeness (QED) is 0.499. The van der Waals surface area contributed by atoms with E-state index in [-0.39, 0.29) is 0 Å². The Hall–Kier alpha value is -0.860. The first-order chi connectivity index (χ1) is 7.01. The Morgan fingerprint density at radius 2 is 1.40 bits per heavy atom. The van der Waals surface area contributed by atoms with Crippen LogP contribution >= 0.6 is 0 Å². The number of hydrogen-bond acceptors (Lipinski definition) is 2. The molecule has 0 spiro atoms. The maximum Gasteiger partial charge on any atom is 0.0695 e. The molecule has 0 bridgehead atoms. The molecule has 0 aromatic heterocycles. The molecule has 1 aromatic rings. The molecule has 2 rings (SSSR count). The number of fused-ring (bicyclic) bond motifs is 1. The van der Waals surface area contributed by atoms with Gasteiger partial charge in [0.05, 0.1) is 5.66 Å². The molecule has 0 fully saturated rings. The van der Waals surface area contributed by atoms with Gasteiger partial charge in [0, 0.05) is 0 Å². The summed E-state index contributed by atoms with van der Waals surface area (Å²) in [5.41, 5.74) is 14.7. The molecule has 2 heteroatoms. The summed E-state index contributed by atoms with van der Waals surface area (Å²) in [5, 5.41) is 0. The molecular weight excluding hydrogens is 184 g/mol. The highest BCUT2D eigenvalue weighted by Crippen LogP contribution is 2.31. The molecule has 2 atom stereocenters. The zero-order valence-corrected chi connectivity index (χ0v) is 9.53. The van der Waals surface area contributed by atoms with Crippen molar-refractivity contribution in [3.05, 3.63) is 35.4 Å². The smallest absolute Gasteiger partial charge is 0.0695 e. The first-order valence-corrected chi connectivity index (χ1v) is 5.66. The highest BCUT2D eigenvalue weighted by atomic mass is 15.0. The first-order valence-electron chi connectivity index (χ1n) is 5.66. The molecule has 0 saturated heterocycles. The molecule has 0 radical (unpaired) electrons. The van der Waals surface area contributed by atoms with Crippen molar-refractivity contribution >= 4 is 0 Å². The summed E-state index contributed by atoms with van der Waals surface area (Å²) >= 11 is 0. The standard InChI is InChI=1S/C13H20N2/c1-9-7-11-5-3-4-6-12(11)8-10(2)13(9,14)15/h3-6,9-10H,7-8,14-15H2,1-2H3. The Labute approximate surface area is 91.7 Å². The average Bonchev–Trinajstić information content (AvgIpc) is 2.27. The van der Waals surface area contributed by atoms with E-state index in [1.54, 1.807) is 0 Å². The van der Waals surface area contributed by atoms with E-state index in [1.807, 2.05) is 0 Å². The molecule has 2 unspecified atom stereocenters. The highest BCUT2D eigenvalue weighted by Gasteiger charge is 2.36. The van der Waals surface area contributed by atoms with E-state index in [9.17, 15) is 0 Å². The normalized spacial score (nSPS) is 29.3. The van der Waals surface area contributed by atoms with Gasteiger partial charge in [0.1, 0.15) is 0 Å². The zero-order chi connectivity index (χ0) is 11.1. The number of rotatable bonds is 0. The highest BCUT2D eigenvalue weighted by molar-refractivity contribution is 5.30. The van der Waals surface area contributed by atoms with Crippen molar-refractivity contribution in [2.24, 2.45) is 23.3 Å². The van der Waals surface area contributed by atoms with Gasteiger partial charge < -0.3 is 11.5 Å². The Kier molecular flexibility index (Phi) is 2.57. The van der Waals surface area contributed by atoms with Crippen molar-refractivity contribution in [1.82, 2.24) is 0 Å². The van der Waals surface area contributed by atoms with Gasteiger partial charge >= 0.3 is 0 Å². The largest absolute Gasteiger partial charge is 0.313 e. The molecule has 1 aliphatic rings. The van der Waals surface area contributed by atoms with E-state index in [0.717, 1.165) is 12.8 Å². The van der Waals surface area contributed by atoms with Crippen molar-refractivity contribution in [3.8, 4) is 0 Å². The summed E-state index contributed by atoms with van der Waals surface area (Å²) < 4.78 is 0. The lowest BCUT2D eigenvalue weighted by molar-refractivity contribution is 0.211. The lowest BCUT2D eigenvalue weighted by atomic mass is 9.83. The minimum absolute atomic E-state index is 0.330. The Morgan fingerprint density at radius 3 is 1.80 bits per heavy atom. The summed E-state index contributed by atoms with van der Waals surface area (Å²) in [5.74, 6) is 0.660. The van der Waals surface area contributed by atoms with Crippen LogP contribution in [0, 0.1) is 11.8 Å². The van der Waals surface area contributed by atoms with E-state index in [2.05, 4.69) is 38.1 Å². The number of hydrogen-bond donors (Lipinski definition) is 2. The Balaban J connectivity index is 2.40. The fraction of sp³-hybridized carbons (Fsp3) is 0.538. The Morgan fingerprint density at radius 1 is 1.00 bits per heavy atom. The van der Waals surface area contributed by atoms with E-state index in [0.29, 0.717) is 11.8 Å². The van der Waals surface area contributed by atoms with Crippen LogP contribution in [0.2, 0.25) is 0 Å². The molecule has 1 aliphatic carbocycles. The topological polar surface area (TPSA) is 52.0 Å². The van der Waals surface area contributed by atoms with Crippen molar-refractivity contribution < 1.29 is 0 Å². The van der Waals surface area contributed by atoms with Crippen LogP contribution in [-0.4, -0.2) is 5.66 Å². The maximum absolute atomic E-state index is 6.22. The summed E-state index contributed by atoms with van der Waals surface area (Å²) in [6.45, 7) is 4.30. The third-order valence-corrected chi connectivity index (χ3v) is 3.88. The molecule has 0 heterocycles. The number of benzene rings is 1. The van der Waals surface area contributed by atoms with Crippen LogP contribution in [0.5, 0.6) is 0 Å². The maximum atomic E-state index is 6.22. The van der Waals surface area contributed by atoms with Crippen molar-refractivity contribution in [1.29, 1.82) is 0 Å². The van der Waals surface area contributed by atoms with Crippen molar-refractivity contribution in [3.63, 3.8) is 0 Å². The Bertz CT molecular complexity index is 324. The van der Waals surface area contributed by atoms with Gasteiger partial charge in [-0.3, -0.25) is 0 Å². The molecular formula is C13H20N2. The van der Waals surface area contributed by atoms with Gasteiger partial charge in [-0.1, -0.05) is 38.1 Å². The molecule has 4 N–H and O–H groups in total. The predicted octanol–water partition coefficient (Wildman–Crippen LogP) is 1.67. The molecule has 0 amide bonds. The van der Waals surface area contributed by atoms with Crippen LogP contribution in [0.3, 0.4) is 0 Å². The van der Waals surface area contributed by atoms with E-state index in [4.69, 9.17) is 11.5 Å². The van der Waals surface area contributed by atoms with Crippen molar-refractivity contribution in [2.75, 3.05) is 0 Å². The lowest BCUT2D eigenvalue weighted by Crippen LogP contribution is -2.59. The third-order valence-electron chi connectivity index (χ3n) is 3.88. The van der Waals surface area contributed by atoms with Crippen LogP contribution in [0.1, 0.15) is 25.0 Å². The second-order valence-corrected chi connectivity index (χ2v) is 4.98. The van der Waals surface area contributed by atoms with Crippen LogP contribution < -0.4 is 11.5 Å². The second-order valence-electron chi connectivity index (χ2n) is 4.98.